The summed E-state index contributed by atoms with van der Waals surface area (Å²) in [6.45, 7) is 7.15. The van der Waals surface area contributed by atoms with Crippen LogP contribution in [0.1, 0.15) is 46.5 Å². The molecule has 0 amide bonds. The lowest BCUT2D eigenvalue weighted by Crippen LogP contribution is -2.20. The van der Waals surface area contributed by atoms with Crippen LogP contribution in [0.4, 0.5) is 0 Å². The standard InChI is InChI=1S/C10H20/c1-4-10-7-8(2)5-6-9(10)3/h8-10H,4-7H2,1-3H3/t8-,9-,10-/m0/s1. The van der Waals surface area contributed by atoms with E-state index in [0.29, 0.717) is 0 Å². The van der Waals surface area contributed by atoms with Crippen molar-refractivity contribution in [3.05, 3.63) is 0 Å². The van der Waals surface area contributed by atoms with Gasteiger partial charge in [-0.25, -0.2) is 0 Å². The molecule has 10 heavy (non-hydrogen) atoms. The lowest BCUT2D eigenvalue weighted by atomic mass is 9.74. The number of hydrogen-bond donors (Lipinski definition) is 0. The molecule has 0 aliphatic heterocycles. The Balaban J connectivity index is 2.38. The minimum absolute atomic E-state index is 1.00. The topological polar surface area (TPSA) is 0 Å². The average Bonchev–Trinajstić information content (AvgIpc) is 1.94. The van der Waals surface area contributed by atoms with Crippen molar-refractivity contribution < 1.29 is 0 Å². The molecular formula is C10H20. The van der Waals surface area contributed by atoms with Crippen LogP contribution in [0, 0.1) is 17.8 Å². The summed E-state index contributed by atoms with van der Waals surface area (Å²) in [6, 6.07) is 0. The highest BCUT2D eigenvalue weighted by Crippen LogP contribution is 2.34. The molecule has 0 radical (unpaired) electrons. The maximum atomic E-state index is 2.42. The molecule has 0 aromatic rings. The van der Waals surface area contributed by atoms with Crippen molar-refractivity contribution in [1.29, 1.82) is 0 Å². The smallest absolute Gasteiger partial charge is 0.0389 e. The fourth-order valence-electron chi connectivity index (χ4n) is 2.22. The van der Waals surface area contributed by atoms with Gasteiger partial charge in [0, 0.05) is 0 Å². The van der Waals surface area contributed by atoms with Crippen molar-refractivity contribution in [3.8, 4) is 0 Å². The Kier molecular flexibility index (Phi) is 2.76. The first-order chi connectivity index (χ1) is 4.74. The van der Waals surface area contributed by atoms with E-state index in [9.17, 15) is 0 Å². The lowest BCUT2D eigenvalue weighted by Gasteiger charge is -2.31. The average molecular weight is 140 g/mol. The van der Waals surface area contributed by atoms with Crippen molar-refractivity contribution in [2.45, 2.75) is 46.5 Å². The molecule has 0 aromatic carbocycles. The van der Waals surface area contributed by atoms with Gasteiger partial charge in [0.15, 0.2) is 0 Å². The van der Waals surface area contributed by atoms with E-state index < -0.39 is 0 Å². The third kappa shape index (κ3) is 1.74. The van der Waals surface area contributed by atoms with Crippen LogP contribution in [0.2, 0.25) is 0 Å². The van der Waals surface area contributed by atoms with E-state index in [1.165, 1.54) is 25.7 Å². The second-order valence-corrected chi connectivity index (χ2v) is 4.06. The second-order valence-electron chi connectivity index (χ2n) is 4.06. The fourth-order valence-corrected chi connectivity index (χ4v) is 2.22. The van der Waals surface area contributed by atoms with Crippen LogP contribution in [-0.4, -0.2) is 0 Å². The van der Waals surface area contributed by atoms with Gasteiger partial charge < -0.3 is 0 Å². The summed E-state index contributed by atoms with van der Waals surface area (Å²) >= 11 is 0. The molecule has 0 nitrogen and oxygen atoms in total. The molecule has 0 heteroatoms. The predicted molar refractivity (Wildman–Crippen MR) is 46.0 cm³/mol. The van der Waals surface area contributed by atoms with Gasteiger partial charge in [-0.1, -0.05) is 40.0 Å². The molecule has 1 aliphatic rings. The first kappa shape index (κ1) is 8.10. The third-order valence-corrected chi connectivity index (χ3v) is 3.15. The third-order valence-electron chi connectivity index (χ3n) is 3.15. The zero-order chi connectivity index (χ0) is 7.56. The SMILES string of the molecule is CC[C@H]1C[C@@H](C)CC[C@@H]1C. The van der Waals surface area contributed by atoms with Gasteiger partial charge in [0.1, 0.15) is 0 Å². The molecule has 0 heterocycles. The minimum Gasteiger partial charge on any atom is -0.0651 e. The second kappa shape index (κ2) is 3.41. The first-order valence-corrected chi connectivity index (χ1v) is 4.74. The summed E-state index contributed by atoms with van der Waals surface area (Å²) in [7, 11) is 0. The van der Waals surface area contributed by atoms with Crippen LogP contribution >= 0.6 is 0 Å². The largest absolute Gasteiger partial charge is 0.0651 e. The van der Waals surface area contributed by atoms with E-state index >= 15 is 0 Å². The first-order valence-electron chi connectivity index (χ1n) is 4.74. The summed E-state index contributed by atoms with van der Waals surface area (Å²) in [4.78, 5) is 0. The van der Waals surface area contributed by atoms with Gasteiger partial charge in [-0.15, -0.1) is 0 Å². The number of rotatable bonds is 1. The van der Waals surface area contributed by atoms with E-state index in [1.807, 2.05) is 0 Å². The van der Waals surface area contributed by atoms with Gasteiger partial charge >= 0.3 is 0 Å². The van der Waals surface area contributed by atoms with Crippen molar-refractivity contribution >= 4 is 0 Å². The van der Waals surface area contributed by atoms with E-state index in [0.717, 1.165) is 17.8 Å². The van der Waals surface area contributed by atoms with Gasteiger partial charge in [0.25, 0.3) is 0 Å². The monoisotopic (exact) mass is 140 g/mol. The molecule has 60 valence electrons. The van der Waals surface area contributed by atoms with Gasteiger partial charge in [0.05, 0.1) is 0 Å². The van der Waals surface area contributed by atoms with Crippen LogP contribution in [-0.2, 0) is 0 Å². The Morgan fingerprint density at radius 3 is 2.40 bits per heavy atom. The molecule has 0 bridgehead atoms. The molecule has 1 fully saturated rings. The Labute approximate surface area is 65.0 Å². The zero-order valence-corrected chi connectivity index (χ0v) is 7.56. The molecule has 0 aromatic heterocycles. The molecule has 0 spiro atoms. The Morgan fingerprint density at radius 1 is 1.20 bits per heavy atom. The summed E-state index contributed by atoms with van der Waals surface area (Å²) in [5, 5.41) is 0. The number of hydrogen-bond acceptors (Lipinski definition) is 0. The van der Waals surface area contributed by atoms with Gasteiger partial charge in [-0.2, -0.15) is 0 Å². The molecular weight excluding hydrogens is 120 g/mol. The molecule has 1 rings (SSSR count). The summed E-state index contributed by atoms with van der Waals surface area (Å²) in [5.74, 6) is 3.03. The van der Waals surface area contributed by atoms with E-state index in [2.05, 4.69) is 20.8 Å². The van der Waals surface area contributed by atoms with Crippen LogP contribution < -0.4 is 0 Å². The van der Waals surface area contributed by atoms with Crippen LogP contribution in [0.5, 0.6) is 0 Å². The molecule has 1 aliphatic carbocycles. The molecule has 3 atom stereocenters. The fraction of sp³-hybridized carbons (Fsp3) is 1.00. The van der Waals surface area contributed by atoms with Gasteiger partial charge in [-0.3, -0.25) is 0 Å². The van der Waals surface area contributed by atoms with Crippen LogP contribution in [0.15, 0.2) is 0 Å². The summed E-state index contributed by atoms with van der Waals surface area (Å²) in [5.41, 5.74) is 0. The van der Waals surface area contributed by atoms with Crippen molar-refractivity contribution in [2.75, 3.05) is 0 Å². The molecule has 0 saturated heterocycles. The van der Waals surface area contributed by atoms with E-state index in [-0.39, 0.29) is 0 Å². The zero-order valence-electron chi connectivity index (χ0n) is 7.56. The van der Waals surface area contributed by atoms with Crippen molar-refractivity contribution in [1.82, 2.24) is 0 Å². The highest BCUT2D eigenvalue weighted by Gasteiger charge is 2.23. The van der Waals surface area contributed by atoms with E-state index in [4.69, 9.17) is 0 Å². The lowest BCUT2D eigenvalue weighted by molar-refractivity contribution is 0.198. The Hall–Kier alpha value is 0. The maximum absolute atomic E-state index is 2.42. The van der Waals surface area contributed by atoms with Gasteiger partial charge in [0.2, 0.25) is 0 Å². The predicted octanol–water partition coefficient (Wildman–Crippen LogP) is 3.47. The molecule has 0 N–H and O–H groups in total. The molecule has 1 saturated carbocycles. The molecule has 0 unspecified atom stereocenters. The van der Waals surface area contributed by atoms with E-state index in [1.54, 1.807) is 0 Å². The Bertz CT molecular complexity index is 96.2. The quantitative estimate of drug-likeness (QED) is 0.523. The minimum atomic E-state index is 1.00. The van der Waals surface area contributed by atoms with Gasteiger partial charge in [-0.05, 0) is 24.2 Å². The van der Waals surface area contributed by atoms with Crippen molar-refractivity contribution in [2.24, 2.45) is 17.8 Å². The maximum Gasteiger partial charge on any atom is -0.0389 e. The normalized spacial score (nSPS) is 41.7. The highest BCUT2D eigenvalue weighted by molar-refractivity contribution is 4.74. The summed E-state index contributed by atoms with van der Waals surface area (Å²) < 4.78 is 0. The van der Waals surface area contributed by atoms with Crippen LogP contribution in [0.25, 0.3) is 0 Å². The van der Waals surface area contributed by atoms with Crippen molar-refractivity contribution in [3.63, 3.8) is 0 Å². The summed E-state index contributed by atoms with van der Waals surface area (Å²) in [6.07, 6.45) is 5.82. The highest BCUT2D eigenvalue weighted by atomic mass is 14.3. The Morgan fingerprint density at radius 2 is 1.90 bits per heavy atom. The van der Waals surface area contributed by atoms with Crippen LogP contribution in [0.3, 0.4) is 0 Å².